The highest BCUT2D eigenvalue weighted by Crippen LogP contribution is 2.17. The smallest absolute Gasteiger partial charge is 0.188 e. The molecule has 1 aliphatic carbocycles. The van der Waals surface area contributed by atoms with Crippen molar-refractivity contribution >= 4 is 5.96 Å². The zero-order chi connectivity index (χ0) is 9.52. The van der Waals surface area contributed by atoms with Crippen LogP contribution in [0.5, 0.6) is 0 Å². The number of hydrogen-bond acceptors (Lipinski definition) is 1. The third kappa shape index (κ3) is 5.50. The monoisotopic (exact) mass is 183 g/mol. The molecule has 0 amide bonds. The summed E-state index contributed by atoms with van der Waals surface area (Å²) in [6.07, 6.45) is 7.54. The fraction of sp³-hybridized carbons (Fsp3) is 0.900. The molecule has 1 aliphatic rings. The lowest BCUT2D eigenvalue weighted by Gasteiger charge is -2.02. The first-order chi connectivity index (χ1) is 6.33. The summed E-state index contributed by atoms with van der Waals surface area (Å²) in [7, 11) is 0. The molecule has 1 rings (SSSR count). The lowest BCUT2D eigenvalue weighted by Crippen LogP contribution is -2.33. The zero-order valence-corrected chi connectivity index (χ0v) is 8.55. The molecule has 1 saturated carbocycles. The molecule has 0 heterocycles. The van der Waals surface area contributed by atoms with Gasteiger partial charge < -0.3 is 11.1 Å². The fourth-order valence-electron chi connectivity index (χ4n) is 1.22. The van der Waals surface area contributed by atoms with Gasteiger partial charge in [0, 0.05) is 12.6 Å². The third-order valence-corrected chi connectivity index (χ3v) is 2.22. The molecule has 76 valence electrons. The first-order valence-corrected chi connectivity index (χ1v) is 5.39. The van der Waals surface area contributed by atoms with Crippen LogP contribution in [-0.2, 0) is 0 Å². The molecule has 3 nitrogen and oxygen atoms in total. The van der Waals surface area contributed by atoms with E-state index in [9.17, 15) is 0 Å². The van der Waals surface area contributed by atoms with Crippen molar-refractivity contribution in [2.45, 2.75) is 51.5 Å². The second-order valence-electron chi connectivity index (χ2n) is 3.75. The SMILES string of the molecule is CCCCCCN=C(N)NC1CC1. The van der Waals surface area contributed by atoms with Crippen molar-refractivity contribution in [1.82, 2.24) is 5.32 Å². The van der Waals surface area contributed by atoms with E-state index in [-0.39, 0.29) is 0 Å². The highest BCUT2D eigenvalue weighted by Gasteiger charge is 2.21. The first-order valence-electron chi connectivity index (χ1n) is 5.39. The third-order valence-electron chi connectivity index (χ3n) is 2.22. The largest absolute Gasteiger partial charge is 0.370 e. The van der Waals surface area contributed by atoms with Gasteiger partial charge in [-0.05, 0) is 19.3 Å². The van der Waals surface area contributed by atoms with E-state index in [1.54, 1.807) is 0 Å². The van der Waals surface area contributed by atoms with Crippen molar-refractivity contribution in [3.05, 3.63) is 0 Å². The molecule has 0 aromatic carbocycles. The van der Waals surface area contributed by atoms with E-state index in [0.717, 1.165) is 6.54 Å². The number of nitrogens with one attached hydrogen (secondary N) is 1. The highest BCUT2D eigenvalue weighted by atomic mass is 15.1. The van der Waals surface area contributed by atoms with Gasteiger partial charge in [-0.2, -0.15) is 0 Å². The standard InChI is InChI=1S/C10H21N3/c1-2-3-4-5-8-12-10(11)13-9-6-7-9/h9H,2-8H2,1H3,(H3,11,12,13). The van der Waals surface area contributed by atoms with Gasteiger partial charge in [-0.15, -0.1) is 0 Å². The molecule has 0 atom stereocenters. The van der Waals surface area contributed by atoms with Gasteiger partial charge in [-0.1, -0.05) is 26.2 Å². The molecule has 13 heavy (non-hydrogen) atoms. The number of rotatable bonds is 6. The maximum Gasteiger partial charge on any atom is 0.188 e. The van der Waals surface area contributed by atoms with Gasteiger partial charge in [-0.25, -0.2) is 0 Å². The summed E-state index contributed by atoms with van der Waals surface area (Å²) in [6, 6.07) is 0.624. The molecule has 0 radical (unpaired) electrons. The number of guanidine groups is 1. The Bertz CT molecular complexity index is 162. The Morgan fingerprint density at radius 1 is 1.38 bits per heavy atom. The normalized spacial score (nSPS) is 17.5. The lowest BCUT2D eigenvalue weighted by atomic mass is 10.2. The van der Waals surface area contributed by atoms with E-state index < -0.39 is 0 Å². The zero-order valence-electron chi connectivity index (χ0n) is 8.55. The summed E-state index contributed by atoms with van der Waals surface area (Å²) in [6.45, 7) is 3.10. The molecule has 0 saturated heterocycles. The van der Waals surface area contributed by atoms with E-state index >= 15 is 0 Å². The average molecular weight is 183 g/mol. The van der Waals surface area contributed by atoms with Crippen LogP contribution in [0.25, 0.3) is 0 Å². The van der Waals surface area contributed by atoms with Gasteiger partial charge in [0.15, 0.2) is 5.96 Å². The Morgan fingerprint density at radius 2 is 2.15 bits per heavy atom. The average Bonchev–Trinajstić information content (AvgIpc) is 2.88. The number of nitrogens with zero attached hydrogens (tertiary/aromatic N) is 1. The Kier molecular flexibility index (Phi) is 4.65. The number of nitrogens with two attached hydrogens (primary N) is 1. The van der Waals surface area contributed by atoms with Crippen LogP contribution in [-0.4, -0.2) is 18.5 Å². The summed E-state index contributed by atoms with van der Waals surface area (Å²) in [5, 5.41) is 3.17. The minimum Gasteiger partial charge on any atom is -0.370 e. The summed E-state index contributed by atoms with van der Waals surface area (Å²) in [5.74, 6) is 0.638. The molecular weight excluding hydrogens is 162 g/mol. The number of aliphatic imine (C=N–C) groups is 1. The van der Waals surface area contributed by atoms with E-state index in [2.05, 4.69) is 17.2 Å². The maximum absolute atomic E-state index is 5.67. The van der Waals surface area contributed by atoms with E-state index in [0.29, 0.717) is 12.0 Å². The predicted molar refractivity (Wildman–Crippen MR) is 56.8 cm³/mol. The molecule has 3 heteroatoms. The first kappa shape index (κ1) is 10.4. The Morgan fingerprint density at radius 3 is 2.77 bits per heavy atom. The van der Waals surface area contributed by atoms with Gasteiger partial charge in [0.2, 0.25) is 0 Å². The summed E-state index contributed by atoms with van der Waals surface area (Å²) < 4.78 is 0. The molecule has 0 spiro atoms. The summed E-state index contributed by atoms with van der Waals surface area (Å²) in [5.41, 5.74) is 5.67. The minimum absolute atomic E-state index is 0.624. The van der Waals surface area contributed by atoms with E-state index in [1.165, 1.54) is 38.5 Å². The van der Waals surface area contributed by atoms with Crippen molar-refractivity contribution in [2.75, 3.05) is 6.54 Å². The van der Waals surface area contributed by atoms with Crippen molar-refractivity contribution < 1.29 is 0 Å². The molecular formula is C10H21N3. The van der Waals surface area contributed by atoms with Crippen LogP contribution in [0.3, 0.4) is 0 Å². The van der Waals surface area contributed by atoms with Crippen LogP contribution in [0.15, 0.2) is 4.99 Å². The minimum atomic E-state index is 0.624. The van der Waals surface area contributed by atoms with Crippen LogP contribution in [0, 0.1) is 0 Å². The van der Waals surface area contributed by atoms with Crippen LogP contribution < -0.4 is 11.1 Å². The fourth-order valence-corrected chi connectivity index (χ4v) is 1.22. The van der Waals surface area contributed by atoms with Crippen molar-refractivity contribution in [3.63, 3.8) is 0 Å². The van der Waals surface area contributed by atoms with Gasteiger partial charge in [0.1, 0.15) is 0 Å². The van der Waals surface area contributed by atoms with Crippen LogP contribution in [0.4, 0.5) is 0 Å². The van der Waals surface area contributed by atoms with Crippen LogP contribution >= 0.6 is 0 Å². The lowest BCUT2D eigenvalue weighted by molar-refractivity contribution is 0.673. The highest BCUT2D eigenvalue weighted by molar-refractivity contribution is 5.78. The number of unbranched alkanes of at least 4 members (excludes halogenated alkanes) is 3. The molecule has 0 aliphatic heterocycles. The van der Waals surface area contributed by atoms with Gasteiger partial charge in [0.05, 0.1) is 0 Å². The van der Waals surface area contributed by atoms with Gasteiger partial charge in [0.25, 0.3) is 0 Å². The molecule has 1 fully saturated rings. The van der Waals surface area contributed by atoms with Gasteiger partial charge in [-0.3, -0.25) is 4.99 Å². The quantitative estimate of drug-likeness (QED) is 0.373. The number of hydrogen-bond donors (Lipinski definition) is 2. The second-order valence-corrected chi connectivity index (χ2v) is 3.75. The predicted octanol–water partition coefficient (Wildman–Crippen LogP) is 1.63. The molecule has 0 unspecified atom stereocenters. The van der Waals surface area contributed by atoms with Crippen molar-refractivity contribution in [1.29, 1.82) is 0 Å². The van der Waals surface area contributed by atoms with Crippen LogP contribution in [0.1, 0.15) is 45.4 Å². The molecule has 3 N–H and O–H groups in total. The summed E-state index contributed by atoms with van der Waals surface area (Å²) >= 11 is 0. The Balaban J connectivity index is 1.94. The Labute approximate surface area is 80.8 Å². The summed E-state index contributed by atoms with van der Waals surface area (Å²) in [4.78, 5) is 4.26. The second kappa shape index (κ2) is 5.84. The van der Waals surface area contributed by atoms with E-state index in [4.69, 9.17) is 5.73 Å². The molecule has 0 aromatic heterocycles. The topological polar surface area (TPSA) is 50.4 Å². The van der Waals surface area contributed by atoms with E-state index in [1.807, 2.05) is 0 Å². The molecule has 0 bridgehead atoms. The molecule has 0 aromatic rings. The van der Waals surface area contributed by atoms with Gasteiger partial charge >= 0.3 is 0 Å². The van der Waals surface area contributed by atoms with Crippen molar-refractivity contribution in [3.8, 4) is 0 Å². The Hall–Kier alpha value is -0.730. The maximum atomic E-state index is 5.67. The van der Waals surface area contributed by atoms with Crippen LogP contribution in [0.2, 0.25) is 0 Å². The van der Waals surface area contributed by atoms with Crippen molar-refractivity contribution in [2.24, 2.45) is 10.7 Å².